The second kappa shape index (κ2) is 6.43. The van der Waals surface area contributed by atoms with Gasteiger partial charge in [-0.1, -0.05) is 26.0 Å². The average Bonchev–Trinajstić information content (AvgIpc) is 2.35. The molecule has 100 valence electrons. The Morgan fingerprint density at radius 2 is 1.72 bits per heavy atom. The van der Waals surface area contributed by atoms with Crippen LogP contribution in [0.25, 0.3) is 0 Å². The monoisotopic (exact) mass is 248 g/mol. The lowest BCUT2D eigenvalue weighted by Crippen LogP contribution is -2.33. The minimum absolute atomic E-state index is 0.0611. The van der Waals surface area contributed by atoms with Gasteiger partial charge in [-0.05, 0) is 24.6 Å². The lowest BCUT2D eigenvalue weighted by molar-refractivity contribution is -0.134. The average molecular weight is 248 g/mol. The molecule has 0 aliphatic rings. The van der Waals surface area contributed by atoms with Crippen molar-refractivity contribution in [2.75, 3.05) is 25.5 Å². The Hall–Kier alpha value is -1.51. The number of rotatable bonds is 5. The minimum atomic E-state index is 0.0611. The van der Waals surface area contributed by atoms with E-state index in [1.54, 1.807) is 0 Å². The van der Waals surface area contributed by atoms with Crippen molar-refractivity contribution < 1.29 is 4.79 Å². The third kappa shape index (κ3) is 3.76. The van der Waals surface area contributed by atoms with Crippen molar-refractivity contribution >= 4 is 11.6 Å². The summed E-state index contributed by atoms with van der Waals surface area (Å²) in [7, 11) is 4.05. The molecule has 0 aromatic heterocycles. The van der Waals surface area contributed by atoms with E-state index in [4.69, 9.17) is 0 Å². The van der Waals surface area contributed by atoms with Crippen molar-refractivity contribution in [3.63, 3.8) is 0 Å². The molecule has 0 spiro atoms. The number of carbonyl (C=O) groups is 1. The van der Waals surface area contributed by atoms with Crippen LogP contribution in [-0.4, -0.2) is 31.4 Å². The fourth-order valence-corrected chi connectivity index (χ4v) is 1.83. The molecule has 0 radical (unpaired) electrons. The van der Waals surface area contributed by atoms with E-state index in [1.165, 1.54) is 11.3 Å². The quantitative estimate of drug-likeness (QED) is 0.800. The zero-order valence-corrected chi connectivity index (χ0v) is 12.1. The van der Waals surface area contributed by atoms with Crippen LogP contribution in [0.3, 0.4) is 0 Å². The van der Waals surface area contributed by atoms with Gasteiger partial charge < -0.3 is 9.80 Å². The van der Waals surface area contributed by atoms with Crippen molar-refractivity contribution in [3.8, 4) is 0 Å². The molecule has 3 heteroatoms. The molecule has 0 unspecified atom stereocenters. The van der Waals surface area contributed by atoms with E-state index in [9.17, 15) is 4.79 Å². The largest absolute Gasteiger partial charge is 0.378 e. The number of hydrogen-bond donors (Lipinski definition) is 0. The Labute approximate surface area is 110 Å². The predicted octanol–water partition coefficient (Wildman–Crippen LogP) is 2.76. The maximum absolute atomic E-state index is 12.0. The molecule has 0 aliphatic heterocycles. The van der Waals surface area contributed by atoms with Crippen molar-refractivity contribution in [1.29, 1.82) is 0 Å². The van der Waals surface area contributed by atoms with Crippen LogP contribution < -0.4 is 4.90 Å². The van der Waals surface area contributed by atoms with Gasteiger partial charge in [0.2, 0.25) is 5.91 Å². The number of carbonyl (C=O) groups excluding carboxylic acids is 1. The van der Waals surface area contributed by atoms with Crippen LogP contribution in [0.5, 0.6) is 0 Å². The lowest BCUT2D eigenvalue weighted by Gasteiger charge is -2.23. The molecule has 0 fully saturated rings. The van der Waals surface area contributed by atoms with Crippen molar-refractivity contribution in [3.05, 3.63) is 29.8 Å². The van der Waals surface area contributed by atoms with Crippen molar-refractivity contribution in [2.24, 2.45) is 5.92 Å². The molecule has 1 aromatic carbocycles. The summed E-state index contributed by atoms with van der Waals surface area (Å²) in [6.45, 7) is 7.36. The first-order chi connectivity index (χ1) is 8.45. The summed E-state index contributed by atoms with van der Waals surface area (Å²) in [5.74, 6) is 0.278. The Kier molecular flexibility index (Phi) is 5.20. The maximum Gasteiger partial charge on any atom is 0.225 e. The van der Waals surface area contributed by atoms with Gasteiger partial charge >= 0.3 is 0 Å². The number of anilines is 1. The van der Waals surface area contributed by atoms with Crippen molar-refractivity contribution in [2.45, 2.75) is 27.3 Å². The predicted molar refractivity (Wildman–Crippen MR) is 76.7 cm³/mol. The Morgan fingerprint density at radius 3 is 2.11 bits per heavy atom. The van der Waals surface area contributed by atoms with Crippen LogP contribution in [0.15, 0.2) is 24.3 Å². The molecular formula is C15H24N2O. The molecule has 18 heavy (non-hydrogen) atoms. The topological polar surface area (TPSA) is 23.6 Å². The van der Waals surface area contributed by atoms with Gasteiger partial charge in [0.1, 0.15) is 0 Å². The molecule has 1 amide bonds. The molecule has 0 bridgehead atoms. The lowest BCUT2D eigenvalue weighted by atomic mass is 10.1. The minimum Gasteiger partial charge on any atom is -0.378 e. The number of nitrogens with zero attached hydrogens (tertiary/aromatic N) is 2. The first-order valence-electron chi connectivity index (χ1n) is 6.50. The molecule has 0 atom stereocenters. The number of amides is 1. The van der Waals surface area contributed by atoms with E-state index in [2.05, 4.69) is 29.2 Å². The highest BCUT2D eigenvalue weighted by molar-refractivity contribution is 5.78. The Morgan fingerprint density at radius 1 is 1.17 bits per heavy atom. The van der Waals surface area contributed by atoms with Crippen LogP contribution >= 0.6 is 0 Å². The summed E-state index contributed by atoms with van der Waals surface area (Å²) in [6, 6.07) is 8.35. The van der Waals surface area contributed by atoms with Gasteiger partial charge in [-0.25, -0.2) is 0 Å². The fraction of sp³-hybridized carbons (Fsp3) is 0.533. The zero-order chi connectivity index (χ0) is 13.7. The zero-order valence-electron chi connectivity index (χ0n) is 12.1. The van der Waals surface area contributed by atoms with Crippen LogP contribution in [0.4, 0.5) is 5.69 Å². The second-order valence-electron chi connectivity index (χ2n) is 5.07. The summed E-state index contributed by atoms with van der Waals surface area (Å²) in [4.78, 5) is 15.9. The smallest absolute Gasteiger partial charge is 0.225 e. The van der Waals surface area contributed by atoms with Gasteiger partial charge in [0.25, 0.3) is 0 Å². The fourth-order valence-electron chi connectivity index (χ4n) is 1.83. The normalized spacial score (nSPS) is 10.6. The van der Waals surface area contributed by atoms with E-state index < -0.39 is 0 Å². The third-order valence-electron chi connectivity index (χ3n) is 3.01. The van der Waals surface area contributed by atoms with Gasteiger partial charge in [0.05, 0.1) is 0 Å². The van der Waals surface area contributed by atoms with Gasteiger partial charge in [-0.2, -0.15) is 0 Å². The van der Waals surface area contributed by atoms with E-state index in [0.29, 0.717) is 6.54 Å². The molecule has 0 saturated carbocycles. The molecule has 0 heterocycles. The molecular weight excluding hydrogens is 224 g/mol. The number of benzene rings is 1. The van der Waals surface area contributed by atoms with E-state index in [0.717, 1.165) is 6.54 Å². The highest BCUT2D eigenvalue weighted by Gasteiger charge is 2.15. The highest BCUT2D eigenvalue weighted by atomic mass is 16.2. The molecule has 0 saturated heterocycles. The Bertz CT molecular complexity index is 382. The summed E-state index contributed by atoms with van der Waals surface area (Å²) in [6.07, 6.45) is 0. The molecule has 0 aliphatic carbocycles. The van der Waals surface area contributed by atoms with Crippen LogP contribution in [0.1, 0.15) is 26.3 Å². The van der Waals surface area contributed by atoms with Gasteiger partial charge in [-0.15, -0.1) is 0 Å². The summed E-state index contributed by atoms with van der Waals surface area (Å²) < 4.78 is 0. The summed E-state index contributed by atoms with van der Waals surface area (Å²) in [5.41, 5.74) is 2.36. The van der Waals surface area contributed by atoms with E-state index >= 15 is 0 Å². The molecule has 0 N–H and O–H groups in total. The van der Waals surface area contributed by atoms with Crippen LogP contribution in [-0.2, 0) is 11.3 Å². The molecule has 1 aromatic rings. The van der Waals surface area contributed by atoms with Gasteiger partial charge in [-0.3, -0.25) is 4.79 Å². The molecule has 3 nitrogen and oxygen atoms in total. The summed E-state index contributed by atoms with van der Waals surface area (Å²) >= 11 is 0. The number of hydrogen-bond acceptors (Lipinski definition) is 2. The van der Waals surface area contributed by atoms with Gasteiger partial charge in [0.15, 0.2) is 0 Å². The maximum atomic E-state index is 12.0. The van der Waals surface area contributed by atoms with E-state index in [-0.39, 0.29) is 11.8 Å². The standard InChI is InChI=1S/C15H24N2O/c1-6-17(15(18)12(2)3)11-13-7-9-14(10-8-13)16(4)5/h7-10,12H,6,11H2,1-5H3. The third-order valence-corrected chi connectivity index (χ3v) is 3.01. The first kappa shape index (κ1) is 14.6. The summed E-state index contributed by atoms with van der Waals surface area (Å²) in [5, 5.41) is 0. The second-order valence-corrected chi connectivity index (χ2v) is 5.07. The Balaban J connectivity index is 2.73. The van der Waals surface area contributed by atoms with Crippen LogP contribution in [0, 0.1) is 5.92 Å². The first-order valence-corrected chi connectivity index (χ1v) is 6.50. The van der Waals surface area contributed by atoms with Crippen molar-refractivity contribution in [1.82, 2.24) is 4.90 Å². The van der Waals surface area contributed by atoms with Gasteiger partial charge in [0, 0.05) is 38.8 Å². The SMILES string of the molecule is CCN(Cc1ccc(N(C)C)cc1)C(=O)C(C)C. The van der Waals surface area contributed by atoms with E-state index in [1.807, 2.05) is 39.8 Å². The van der Waals surface area contributed by atoms with Crippen LogP contribution in [0.2, 0.25) is 0 Å². The molecule has 1 rings (SSSR count). The highest BCUT2D eigenvalue weighted by Crippen LogP contribution is 2.14.